The van der Waals surface area contributed by atoms with Crippen molar-refractivity contribution in [2.45, 2.75) is 31.2 Å². The van der Waals surface area contributed by atoms with E-state index in [1.807, 2.05) is 6.92 Å². The highest BCUT2D eigenvalue weighted by atomic mass is 79.9. The summed E-state index contributed by atoms with van der Waals surface area (Å²) in [5, 5.41) is 0.746. The maximum Gasteiger partial charge on any atom is 0.242 e. The number of nitrogen functional groups attached to an aromatic ring is 1. The van der Waals surface area contributed by atoms with Gasteiger partial charge < -0.3 is 5.73 Å². The Bertz CT molecular complexity index is 744. The van der Waals surface area contributed by atoms with Crippen LogP contribution in [-0.2, 0) is 16.4 Å². The fourth-order valence-corrected chi connectivity index (χ4v) is 4.90. The molecule has 0 aliphatic carbocycles. The Labute approximate surface area is 136 Å². The van der Waals surface area contributed by atoms with Crippen molar-refractivity contribution >= 4 is 43.0 Å². The number of aromatic nitrogens is 1. The molecule has 0 bridgehead atoms. The average Bonchev–Trinajstić information content (AvgIpc) is 2.90. The first-order chi connectivity index (χ1) is 9.83. The number of anilines is 1. The van der Waals surface area contributed by atoms with Crippen LogP contribution < -0.4 is 10.5 Å². The molecule has 2 rings (SSSR count). The molecule has 0 amide bonds. The minimum Gasteiger partial charge on any atom is -0.399 e. The average molecular weight is 390 g/mol. The quantitative estimate of drug-likeness (QED) is 0.769. The van der Waals surface area contributed by atoms with Gasteiger partial charge in [0, 0.05) is 21.2 Å². The van der Waals surface area contributed by atoms with Gasteiger partial charge in [0.1, 0.15) is 5.01 Å². The molecule has 8 heteroatoms. The Morgan fingerprint density at radius 1 is 1.48 bits per heavy atom. The number of rotatable bonds is 5. The Morgan fingerprint density at radius 2 is 2.19 bits per heavy atom. The van der Waals surface area contributed by atoms with Gasteiger partial charge in [0.2, 0.25) is 10.0 Å². The molecule has 1 atom stereocenters. The van der Waals surface area contributed by atoms with Crippen LogP contribution >= 0.6 is 27.3 Å². The van der Waals surface area contributed by atoms with E-state index in [2.05, 4.69) is 25.6 Å². The molecular formula is C13H16BrN3O2S2. The smallest absolute Gasteiger partial charge is 0.242 e. The van der Waals surface area contributed by atoms with Gasteiger partial charge in [-0.2, -0.15) is 0 Å². The third-order valence-electron chi connectivity index (χ3n) is 2.87. The number of nitrogens with zero attached hydrogens (tertiary/aromatic N) is 1. The molecule has 114 valence electrons. The van der Waals surface area contributed by atoms with E-state index in [9.17, 15) is 8.42 Å². The number of thiazole rings is 1. The van der Waals surface area contributed by atoms with Gasteiger partial charge in [0.15, 0.2) is 0 Å². The van der Waals surface area contributed by atoms with Crippen LogP contribution in [-0.4, -0.2) is 13.4 Å². The standard InChI is InChI=1S/C13H16BrN3O2S2/c1-3-10-7-16-13(20-10)8(2)17-21(18,19)12-6-9(15)4-5-11(12)14/h4-8,17H,3,15H2,1-2H3. The zero-order valence-electron chi connectivity index (χ0n) is 11.6. The number of hydrogen-bond acceptors (Lipinski definition) is 5. The largest absolute Gasteiger partial charge is 0.399 e. The van der Waals surface area contributed by atoms with E-state index in [4.69, 9.17) is 5.73 Å². The summed E-state index contributed by atoms with van der Waals surface area (Å²) in [5.74, 6) is 0. The van der Waals surface area contributed by atoms with Crippen LogP contribution in [0.3, 0.4) is 0 Å². The van der Waals surface area contributed by atoms with E-state index in [-0.39, 0.29) is 4.90 Å². The molecule has 3 N–H and O–H groups in total. The predicted molar refractivity (Wildman–Crippen MR) is 88.8 cm³/mol. The van der Waals surface area contributed by atoms with Crippen LogP contribution in [0.15, 0.2) is 33.8 Å². The molecule has 0 spiro atoms. The molecule has 0 saturated heterocycles. The summed E-state index contributed by atoms with van der Waals surface area (Å²) in [5.41, 5.74) is 6.06. The highest BCUT2D eigenvalue weighted by molar-refractivity contribution is 9.10. The van der Waals surface area contributed by atoms with Crippen molar-refractivity contribution in [2.24, 2.45) is 0 Å². The van der Waals surface area contributed by atoms with Crippen molar-refractivity contribution in [3.8, 4) is 0 Å². The summed E-state index contributed by atoms with van der Waals surface area (Å²) in [6, 6.07) is 4.29. The number of nitrogens with two attached hydrogens (primary N) is 1. The SMILES string of the molecule is CCc1cnc(C(C)NS(=O)(=O)c2cc(N)ccc2Br)s1. The van der Waals surface area contributed by atoms with Crippen molar-refractivity contribution in [3.63, 3.8) is 0 Å². The molecule has 1 aromatic heterocycles. The minimum atomic E-state index is -3.67. The number of nitrogens with one attached hydrogen (secondary N) is 1. The van der Waals surface area contributed by atoms with Crippen LogP contribution in [0.2, 0.25) is 0 Å². The summed E-state index contributed by atoms with van der Waals surface area (Å²) in [7, 11) is -3.67. The lowest BCUT2D eigenvalue weighted by Crippen LogP contribution is -2.27. The molecular weight excluding hydrogens is 374 g/mol. The van der Waals surface area contributed by atoms with Crippen molar-refractivity contribution in [2.75, 3.05) is 5.73 Å². The second kappa shape index (κ2) is 6.43. The number of halogens is 1. The van der Waals surface area contributed by atoms with Crippen LogP contribution in [0, 0.1) is 0 Å². The van der Waals surface area contributed by atoms with E-state index in [0.717, 1.165) is 16.3 Å². The lowest BCUT2D eigenvalue weighted by atomic mass is 10.3. The predicted octanol–water partition coefficient (Wildman–Crippen LogP) is 3.09. The van der Waals surface area contributed by atoms with Crippen LogP contribution in [0.4, 0.5) is 5.69 Å². The van der Waals surface area contributed by atoms with Gasteiger partial charge in [-0.15, -0.1) is 11.3 Å². The monoisotopic (exact) mass is 389 g/mol. The molecule has 1 unspecified atom stereocenters. The van der Waals surface area contributed by atoms with Gasteiger partial charge in [-0.3, -0.25) is 0 Å². The molecule has 21 heavy (non-hydrogen) atoms. The van der Waals surface area contributed by atoms with Crippen LogP contribution in [0.25, 0.3) is 0 Å². The van der Waals surface area contributed by atoms with E-state index in [0.29, 0.717) is 10.2 Å². The molecule has 0 radical (unpaired) electrons. The Hall–Kier alpha value is -0.960. The molecule has 5 nitrogen and oxygen atoms in total. The number of hydrogen-bond donors (Lipinski definition) is 2. The minimum absolute atomic E-state index is 0.127. The van der Waals surface area contributed by atoms with E-state index in [1.165, 1.54) is 17.4 Å². The van der Waals surface area contributed by atoms with Gasteiger partial charge in [0.05, 0.1) is 10.9 Å². The summed E-state index contributed by atoms with van der Waals surface area (Å²) >= 11 is 4.75. The summed E-state index contributed by atoms with van der Waals surface area (Å²) < 4.78 is 28.0. The first-order valence-corrected chi connectivity index (χ1v) is 9.44. The summed E-state index contributed by atoms with van der Waals surface area (Å²) in [6.45, 7) is 3.81. The Kier molecular flexibility index (Phi) is 5.03. The molecule has 1 heterocycles. The maximum atomic E-state index is 12.4. The second-order valence-corrected chi connectivity index (χ2v) is 8.23. The van der Waals surface area contributed by atoms with Crippen molar-refractivity contribution in [1.82, 2.24) is 9.71 Å². The van der Waals surface area contributed by atoms with Crippen LogP contribution in [0.1, 0.15) is 29.8 Å². The van der Waals surface area contributed by atoms with E-state index >= 15 is 0 Å². The normalized spacial score (nSPS) is 13.3. The number of aryl methyl sites for hydroxylation is 1. The van der Waals surface area contributed by atoms with Gasteiger partial charge in [0.25, 0.3) is 0 Å². The number of sulfonamides is 1. The highest BCUT2D eigenvalue weighted by Gasteiger charge is 2.22. The first-order valence-electron chi connectivity index (χ1n) is 6.35. The fourth-order valence-electron chi connectivity index (χ4n) is 1.76. The third kappa shape index (κ3) is 3.82. The zero-order chi connectivity index (χ0) is 15.6. The van der Waals surface area contributed by atoms with Crippen molar-refractivity contribution < 1.29 is 8.42 Å². The molecule has 0 saturated carbocycles. The van der Waals surface area contributed by atoms with E-state index < -0.39 is 16.1 Å². The summed E-state index contributed by atoms with van der Waals surface area (Å²) in [4.78, 5) is 5.51. The lowest BCUT2D eigenvalue weighted by molar-refractivity contribution is 0.566. The topological polar surface area (TPSA) is 85.1 Å². The molecule has 0 aliphatic rings. The Balaban J connectivity index is 2.26. The molecule has 2 aromatic rings. The third-order valence-corrected chi connectivity index (χ3v) is 6.73. The van der Waals surface area contributed by atoms with Crippen molar-refractivity contribution in [1.29, 1.82) is 0 Å². The maximum absolute atomic E-state index is 12.4. The van der Waals surface area contributed by atoms with Crippen molar-refractivity contribution in [3.05, 3.63) is 38.8 Å². The highest BCUT2D eigenvalue weighted by Crippen LogP contribution is 2.27. The molecule has 1 aromatic carbocycles. The molecule has 0 aliphatic heterocycles. The second-order valence-electron chi connectivity index (χ2n) is 4.55. The van der Waals surface area contributed by atoms with Gasteiger partial charge in [-0.05, 0) is 47.5 Å². The van der Waals surface area contributed by atoms with Gasteiger partial charge in [-0.1, -0.05) is 6.92 Å². The Morgan fingerprint density at radius 3 is 2.81 bits per heavy atom. The van der Waals surface area contributed by atoms with Crippen LogP contribution in [0.5, 0.6) is 0 Å². The lowest BCUT2D eigenvalue weighted by Gasteiger charge is -2.13. The molecule has 0 fully saturated rings. The fraction of sp³-hybridized carbons (Fsp3) is 0.308. The summed E-state index contributed by atoms with van der Waals surface area (Å²) in [6.07, 6.45) is 2.67. The van der Waals surface area contributed by atoms with Gasteiger partial charge in [-0.25, -0.2) is 18.1 Å². The van der Waals surface area contributed by atoms with Gasteiger partial charge >= 0.3 is 0 Å². The number of benzene rings is 1. The van der Waals surface area contributed by atoms with E-state index in [1.54, 1.807) is 25.3 Å². The first kappa shape index (κ1) is 16.4. The zero-order valence-corrected chi connectivity index (χ0v) is 14.8.